The summed E-state index contributed by atoms with van der Waals surface area (Å²) >= 11 is 1.61. The van der Waals surface area contributed by atoms with Crippen LogP contribution >= 0.6 is 11.8 Å². The molecule has 0 aliphatic heterocycles. The fraction of sp³-hybridized carbons (Fsp3) is 0.500. The minimum atomic E-state index is 0.109. The van der Waals surface area contributed by atoms with Crippen LogP contribution in [-0.4, -0.2) is 44.3 Å². The topological polar surface area (TPSA) is 62.5 Å². The molecule has 1 rings (SSSR count). The molecule has 0 unspecified atom stereocenters. The van der Waals surface area contributed by atoms with E-state index in [4.69, 9.17) is 5.73 Å². The highest BCUT2D eigenvalue weighted by atomic mass is 32.2. The van der Waals surface area contributed by atoms with E-state index in [1.54, 1.807) is 29.9 Å². The van der Waals surface area contributed by atoms with Crippen LogP contribution in [0.25, 0.3) is 0 Å². The molecule has 1 aromatic rings. The number of carbonyl (C=O) groups is 1. The van der Waals surface area contributed by atoms with Gasteiger partial charge in [-0.3, -0.25) is 4.79 Å². The molecule has 2 N–H and O–H groups in total. The van der Waals surface area contributed by atoms with Crippen LogP contribution < -0.4 is 15.5 Å². The summed E-state index contributed by atoms with van der Waals surface area (Å²) in [6.07, 6.45) is 2.59. The van der Waals surface area contributed by atoms with Gasteiger partial charge in [0.1, 0.15) is 5.82 Å². The number of aromatic nitrogens is 1. The number of amides is 1. The lowest BCUT2D eigenvalue weighted by Gasteiger charge is -2.19. The van der Waals surface area contributed by atoms with Crippen LogP contribution in [0.1, 0.15) is 6.92 Å². The van der Waals surface area contributed by atoms with Crippen molar-refractivity contribution in [3.8, 4) is 0 Å². The van der Waals surface area contributed by atoms with E-state index in [1.807, 2.05) is 32.0 Å². The molecule has 6 heteroatoms. The van der Waals surface area contributed by atoms with Gasteiger partial charge in [-0.1, -0.05) is 0 Å². The number of thioether (sulfide) groups is 1. The number of nitrogens with two attached hydrogens (primary N) is 1. The molecular weight excluding hydrogens is 248 g/mol. The summed E-state index contributed by atoms with van der Waals surface area (Å²) < 4.78 is 0. The highest BCUT2D eigenvalue weighted by Crippen LogP contribution is 2.31. The Morgan fingerprint density at radius 3 is 2.67 bits per heavy atom. The molecule has 0 aromatic carbocycles. The van der Waals surface area contributed by atoms with Crippen molar-refractivity contribution >= 4 is 29.7 Å². The molecule has 5 nitrogen and oxygen atoms in total. The lowest BCUT2D eigenvalue weighted by atomic mass is 10.3. The Labute approximate surface area is 112 Å². The first-order valence-corrected chi connectivity index (χ1v) is 6.68. The molecular formula is C12H20N4OS. The predicted molar refractivity (Wildman–Crippen MR) is 77.4 cm³/mol. The van der Waals surface area contributed by atoms with Crippen LogP contribution in [0.5, 0.6) is 0 Å². The number of rotatable bonds is 6. The summed E-state index contributed by atoms with van der Waals surface area (Å²) in [6, 6.07) is 2.01. The van der Waals surface area contributed by atoms with Crippen LogP contribution in [-0.2, 0) is 4.79 Å². The quantitative estimate of drug-likeness (QED) is 0.620. The third kappa shape index (κ3) is 3.89. The molecule has 0 bridgehead atoms. The van der Waals surface area contributed by atoms with Gasteiger partial charge in [0.25, 0.3) is 0 Å². The zero-order chi connectivity index (χ0) is 13.7. The minimum absolute atomic E-state index is 0.109. The van der Waals surface area contributed by atoms with E-state index in [0.29, 0.717) is 0 Å². The van der Waals surface area contributed by atoms with Crippen molar-refractivity contribution in [2.45, 2.75) is 17.9 Å². The summed E-state index contributed by atoms with van der Waals surface area (Å²) in [5.74, 6) is 1.62. The third-order valence-corrected chi connectivity index (χ3v) is 3.65. The molecule has 1 aromatic heterocycles. The first kappa shape index (κ1) is 14.8. The van der Waals surface area contributed by atoms with Crippen LogP contribution in [0.2, 0.25) is 0 Å². The highest BCUT2D eigenvalue weighted by molar-refractivity contribution is 7.99. The van der Waals surface area contributed by atoms with E-state index >= 15 is 0 Å². The molecule has 1 atom stereocenters. The second-order valence-electron chi connectivity index (χ2n) is 4.41. The molecule has 0 aliphatic rings. The third-order valence-electron chi connectivity index (χ3n) is 2.33. The van der Waals surface area contributed by atoms with Gasteiger partial charge >= 0.3 is 0 Å². The number of hydrogen-bond donors (Lipinski definition) is 1. The average molecular weight is 268 g/mol. The van der Waals surface area contributed by atoms with E-state index in [2.05, 4.69) is 4.98 Å². The Morgan fingerprint density at radius 1 is 1.50 bits per heavy atom. The van der Waals surface area contributed by atoms with Gasteiger partial charge in [-0.05, 0) is 6.92 Å². The fourth-order valence-electron chi connectivity index (χ4n) is 1.33. The number of pyridine rings is 1. The Morgan fingerprint density at radius 2 is 2.17 bits per heavy atom. The fourth-order valence-corrected chi connectivity index (χ4v) is 2.25. The summed E-state index contributed by atoms with van der Waals surface area (Å²) in [6.45, 7) is 1.96. The van der Waals surface area contributed by atoms with Crippen molar-refractivity contribution in [1.82, 2.24) is 4.98 Å². The second kappa shape index (κ2) is 6.61. The first-order chi connectivity index (χ1) is 8.45. The molecule has 0 spiro atoms. The summed E-state index contributed by atoms with van der Waals surface area (Å²) in [5.41, 5.74) is 6.60. The van der Waals surface area contributed by atoms with Crippen LogP contribution in [0.4, 0.5) is 11.5 Å². The van der Waals surface area contributed by atoms with Gasteiger partial charge in [0.05, 0.1) is 5.69 Å². The standard InChI is InChI=1S/C12H20N4OS/c1-9(13)7-18-11-6-14-12(15(2)3)5-10(11)16(4)8-17/h5-6,8-9H,7,13H2,1-4H3/t9-/m1/s1. The molecule has 0 saturated carbocycles. The van der Waals surface area contributed by atoms with Gasteiger partial charge in [0.15, 0.2) is 0 Å². The summed E-state index contributed by atoms with van der Waals surface area (Å²) in [7, 11) is 5.57. The Balaban J connectivity index is 3.04. The Bertz CT molecular complexity index is 409. The van der Waals surface area contributed by atoms with Gasteiger partial charge < -0.3 is 15.5 Å². The van der Waals surface area contributed by atoms with Crippen molar-refractivity contribution in [1.29, 1.82) is 0 Å². The monoisotopic (exact) mass is 268 g/mol. The van der Waals surface area contributed by atoms with Gasteiger partial charge in [0.2, 0.25) is 6.41 Å². The van der Waals surface area contributed by atoms with Crippen molar-refractivity contribution in [3.63, 3.8) is 0 Å². The summed E-state index contributed by atoms with van der Waals surface area (Å²) in [4.78, 5) is 19.7. The minimum Gasteiger partial charge on any atom is -0.363 e. The molecule has 18 heavy (non-hydrogen) atoms. The van der Waals surface area contributed by atoms with Crippen molar-refractivity contribution < 1.29 is 4.79 Å². The predicted octanol–water partition coefficient (Wildman–Crippen LogP) is 1.18. The number of carbonyl (C=O) groups excluding carboxylic acids is 1. The van der Waals surface area contributed by atoms with E-state index < -0.39 is 0 Å². The molecule has 1 heterocycles. The maximum atomic E-state index is 10.9. The first-order valence-electron chi connectivity index (χ1n) is 5.69. The molecule has 1 amide bonds. The smallest absolute Gasteiger partial charge is 0.213 e. The van der Waals surface area contributed by atoms with Crippen molar-refractivity contribution in [3.05, 3.63) is 12.3 Å². The molecule has 100 valence electrons. The maximum Gasteiger partial charge on any atom is 0.213 e. The maximum absolute atomic E-state index is 10.9. The van der Waals surface area contributed by atoms with Gasteiger partial charge in [-0.15, -0.1) is 11.8 Å². The van der Waals surface area contributed by atoms with Gasteiger partial charge in [-0.25, -0.2) is 4.98 Å². The summed E-state index contributed by atoms with van der Waals surface area (Å²) in [5, 5.41) is 0. The second-order valence-corrected chi connectivity index (χ2v) is 5.47. The average Bonchev–Trinajstić information content (AvgIpc) is 2.34. The lowest BCUT2D eigenvalue weighted by Crippen LogP contribution is -2.19. The van der Waals surface area contributed by atoms with Crippen molar-refractivity contribution in [2.24, 2.45) is 5.73 Å². The highest BCUT2D eigenvalue weighted by Gasteiger charge is 2.11. The van der Waals surface area contributed by atoms with Crippen molar-refractivity contribution in [2.75, 3.05) is 36.7 Å². The van der Waals surface area contributed by atoms with Crippen LogP contribution in [0.3, 0.4) is 0 Å². The SMILES string of the molecule is C[C@@H](N)CSc1cnc(N(C)C)cc1N(C)C=O. The molecule has 0 aliphatic carbocycles. The van der Waals surface area contributed by atoms with Gasteiger partial charge in [0, 0.05) is 50.1 Å². The Hall–Kier alpha value is -1.27. The molecule has 0 fully saturated rings. The largest absolute Gasteiger partial charge is 0.363 e. The van der Waals surface area contributed by atoms with E-state index in [0.717, 1.165) is 28.6 Å². The van der Waals surface area contributed by atoms with E-state index in [9.17, 15) is 4.79 Å². The van der Waals surface area contributed by atoms with E-state index in [-0.39, 0.29) is 6.04 Å². The van der Waals surface area contributed by atoms with E-state index in [1.165, 1.54) is 0 Å². The number of hydrogen-bond acceptors (Lipinski definition) is 5. The zero-order valence-corrected chi connectivity index (χ0v) is 12.1. The Kier molecular flexibility index (Phi) is 5.43. The van der Waals surface area contributed by atoms with Gasteiger partial charge in [-0.2, -0.15) is 0 Å². The number of anilines is 2. The zero-order valence-electron chi connectivity index (χ0n) is 11.3. The van der Waals surface area contributed by atoms with Crippen LogP contribution in [0, 0.1) is 0 Å². The normalized spacial score (nSPS) is 12.1. The molecule has 0 saturated heterocycles. The lowest BCUT2D eigenvalue weighted by molar-refractivity contribution is -0.107. The molecule has 0 radical (unpaired) electrons. The van der Waals surface area contributed by atoms with Crippen LogP contribution in [0.15, 0.2) is 17.2 Å². The number of nitrogens with zero attached hydrogens (tertiary/aromatic N) is 3.